The molecular formula is C24H15Cl2NO3S. The zero-order valence-electron chi connectivity index (χ0n) is 16.5. The van der Waals surface area contributed by atoms with E-state index in [4.69, 9.17) is 27.9 Å². The Morgan fingerprint density at radius 3 is 2.10 bits per heavy atom. The molecule has 0 unspecified atom stereocenters. The first-order valence-electron chi connectivity index (χ1n) is 9.41. The molecule has 0 saturated heterocycles. The van der Waals surface area contributed by atoms with Crippen LogP contribution in [-0.4, -0.2) is 23.2 Å². The topological polar surface area (TPSA) is 48.3 Å². The molecule has 0 bridgehead atoms. The van der Waals surface area contributed by atoms with Gasteiger partial charge in [0.2, 0.25) is 0 Å². The van der Waals surface area contributed by atoms with E-state index in [1.54, 1.807) is 13.2 Å². The highest BCUT2D eigenvalue weighted by molar-refractivity contribution is 7.19. The lowest BCUT2D eigenvalue weighted by molar-refractivity contribution is 0.0990. The number of fused-ring (bicyclic) bond motifs is 2. The summed E-state index contributed by atoms with van der Waals surface area (Å²) in [6.07, 6.45) is 1.66. The number of aromatic nitrogens is 1. The van der Waals surface area contributed by atoms with Crippen LogP contribution < -0.4 is 4.74 Å². The number of hydrogen-bond acceptors (Lipinski definition) is 4. The summed E-state index contributed by atoms with van der Waals surface area (Å²) >= 11 is 13.6. The van der Waals surface area contributed by atoms with Crippen LogP contribution in [-0.2, 0) is 7.05 Å². The lowest BCUT2D eigenvalue weighted by Gasteiger charge is -2.05. The van der Waals surface area contributed by atoms with Crippen molar-refractivity contribution in [2.75, 3.05) is 7.11 Å². The van der Waals surface area contributed by atoms with Gasteiger partial charge < -0.3 is 9.30 Å². The molecule has 5 rings (SSSR count). The molecule has 0 saturated carbocycles. The number of Topliss-reactive ketones (excluding diaryl/α,β-unsaturated/α-hetero) is 2. The summed E-state index contributed by atoms with van der Waals surface area (Å²) in [5.74, 6) is 0.160. The largest absolute Gasteiger partial charge is 0.497 e. The number of rotatable bonds is 3. The standard InChI is InChI=1S/C24H15Cl2NO3S/c1-27-20(12-3-5-13(30-2)6-4-12)11-22-21(27)8-14(31-22)7-17-23(28)15-9-18(25)19(26)10-16(15)24(17)29/h3-11H,1-2H3. The smallest absolute Gasteiger partial charge is 0.197 e. The van der Waals surface area contributed by atoms with E-state index in [1.807, 2.05) is 37.4 Å². The Morgan fingerprint density at radius 2 is 1.55 bits per heavy atom. The highest BCUT2D eigenvalue weighted by atomic mass is 35.5. The average molecular weight is 468 g/mol. The van der Waals surface area contributed by atoms with Gasteiger partial charge in [0, 0.05) is 28.7 Å². The predicted octanol–water partition coefficient (Wildman–Crippen LogP) is 6.68. The van der Waals surface area contributed by atoms with E-state index in [1.165, 1.54) is 23.5 Å². The normalized spacial score (nSPS) is 13.2. The van der Waals surface area contributed by atoms with Gasteiger partial charge in [-0.2, -0.15) is 0 Å². The van der Waals surface area contributed by atoms with Crippen LogP contribution in [0.2, 0.25) is 10.0 Å². The molecule has 31 heavy (non-hydrogen) atoms. The SMILES string of the molecule is COc1ccc(-c2cc3sc(C=C4C(=O)c5cc(Cl)c(Cl)cc5C4=O)cc3n2C)cc1. The average Bonchev–Trinajstić information content (AvgIpc) is 3.37. The van der Waals surface area contributed by atoms with Gasteiger partial charge in [0.15, 0.2) is 11.6 Å². The highest BCUT2D eigenvalue weighted by Gasteiger charge is 2.34. The van der Waals surface area contributed by atoms with E-state index >= 15 is 0 Å². The van der Waals surface area contributed by atoms with Crippen LogP contribution in [0.3, 0.4) is 0 Å². The zero-order valence-corrected chi connectivity index (χ0v) is 18.9. The van der Waals surface area contributed by atoms with Crippen molar-refractivity contribution < 1.29 is 14.3 Å². The van der Waals surface area contributed by atoms with Gasteiger partial charge in [-0.05, 0) is 60.2 Å². The second kappa shape index (κ2) is 7.38. The predicted molar refractivity (Wildman–Crippen MR) is 126 cm³/mol. The number of allylic oxidation sites excluding steroid dienone is 1. The molecule has 0 spiro atoms. The number of aryl methyl sites for hydroxylation is 1. The monoisotopic (exact) mass is 467 g/mol. The van der Waals surface area contributed by atoms with Gasteiger partial charge in [-0.25, -0.2) is 0 Å². The van der Waals surface area contributed by atoms with E-state index < -0.39 is 0 Å². The minimum Gasteiger partial charge on any atom is -0.497 e. The molecule has 1 aliphatic rings. The van der Waals surface area contributed by atoms with Crippen LogP contribution in [0.1, 0.15) is 25.6 Å². The van der Waals surface area contributed by atoms with Gasteiger partial charge in [-0.15, -0.1) is 11.3 Å². The minimum atomic E-state index is -0.324. The number of hydrogen-bond donors (Lipinski definition) is 0. The quantitative estimate of drug-likeness (QED) is 0.249. The summed E-state index contributed by atoms with van der Waals surface area (Å²) in [7, 11) is 3.64. The summed E-state index contributed by atoms with van der Waals surface area (Å²) in [6.45, 7) is 0. The number of benzene rings is 2. The molecule has 0 aliphatic heterocycles. The van der Waals surface area contributed by atoms with Crippen molar-refractivity contribution in [1.82, 2.24) is 4.57 Å². The fourth-order valence-corrected chi connectivity index (χ4v) is 5.23. The molecule has 0 radical (unpaired) electrons. The lowest BCUT2D eigenvalue weighted by atomic mass is 10.1. The van der Waals surface area contributed by atoms with Gasteiger partial charge in [-0.1, -0.05) is 23.2 Å². The van der Waals surface area contributed by atoms with E-state index in [9.17, 15) is 9.59 Å². The molecule has 0 atom stereocenters. The summed E-state index contributed by atoms with van der Waals surface area (Å²) in [6, 6.07) is 14.9. The maximum atomic E-state index is 12.8. The Kier molecular flexibility index (Phi) is 4.77. The van der Waals surface area contributed by atoms with Crippen LogP contribution in [0.4, 0.5) is 0 Å². The summed E-state index contributed by atoms with van der Waals surface area (Å²) in [5.41, 5.74) is 3.92. The Labute approximate surface area is 192 Å². The van der Waals surface area contributed by atoms with Crippen LogP contribution in [0.25, 0.3) is 27.6 Å². The Hall–Kier alpha value is -2.86. The Balaban J connectivity index is 1.52. The third kappa shape index (κ3) is 3.21. The number of halogens is 2. The summed E-state index contributed by atoms with van der Waals surface area (Å²) in [5, 5.41) is 0.520. The van der Waals surface area contributed by atoms with E-state index in [2.05, 4.69) is 10.6 Å². The van der Waals surface area contributed by atoms with Gasteiger partial charge in [0.25, 0.3) is 0 Å². The van der Waals surface area contributed by atoms with Gasteiger partial charge >= 0.3 is 0 Å². The number of carbonyl (C=O) groups excluding carboxylic acids is 2. The van der Waals surface area contributed by atoms with Crippen molar-refractivity contribution in [3.05, 3.63) is 80.2 Å². The maximum absolute atomic E-state index is 12.8. The van der Waals surface area contributed by atoms with Gasteiger partial charge in [0.05, 0.1) is 32.9 Å². The van der Waals surface area contributed by atoms with Crippen molar-refractivity contribution in [2.45, 2.75) is 0 Å². The molecule has 4 nitrogen and oxygen atoms in total. The molecule has 7 heteroatoms. The molecule has 0 N–H and O–H groups in total. The first-order chi connectivity index (χ1) is 14.9. The van der Waals surface area contributed by atoms with Crippen molar-refractivity contribution in [3.8, 4) is 17.0 Å². The fourth-order valence-electron chi connectivity index (χ4n) is 3.83. The highest BCUT2D eigenvalue weighted by Crippen LogP contribution is 2.37. The van der Waals surface area contributed by atoms with Crippen molar-refractivity contribution in [3.63, 3.8) is 0 Å². The molecule has 4 aromatic rings. The first kappa shape index (κ1) is 20.1. The minimum absolute atomic E-state index is 0.135. The fraction of sp³-hybridized carbons (Fsp3) is 0.0833. The first-order valence-corrected chi connectivity index (χ1v) is 11.0. The molecule has 1 aliphatic carbocycles. The van der Waals surface area contributed by atoms with Crippen LogP contribution in [0.5, 0.6) is 5.75 Å². The zero-order chi connectivity index (χ0) is 21.9. The third-order valence-electron chi connectivity index (χ3n) is 5.46. The summed E-state index contributed by atoms with van der Waals surface area (Å²) < 4.78 is 8.40. The molecule has 2 aromatic carbocycles. The second-order valence-electron chi connectivity index (χ2n) is 7.24. The molecule has 154 valence electrons. The Morgan fingerprint density at radius 1 is 0.935 bits per heavy atom. The molecule has 0 fully saturated rings. The van der Waals surface area contributed by atoms with Crippen LogP contribution >= 0.6 is 34.5 Å². The third-order valence-corrected chi connectivity index (χ3v) is 7.20. The summed E-state index contributed by atoms with van der Waals surface area (Å²) in [4.78, 5) is 26.4. The second-order valence-corrected chi connectivity index (χ2v) is 9.17. The maximum Gasteiger partial charge on any atom is 0.197 e. The van der Waals surface area contributed by atoms with Crippen LogP contribution in [0, 0.1) is 0 Å². The van der Waals surface area contributed by atoms with Crippen molar-refractivity contribution >= 4 is 62.4 Å². The number of methoxy groups -OCH3 is 1. The molecule has 2 aromatic heterocycles. The molecular weight excluding hydrogens is 453 g/mol. The van der Waals surface area contributed by atoms with Gasteiger partial charge in [0.1, 0.15) is 5.75 Å². The van der Waals surface area contributed by atoms with E-state index in [-0.39, 0.29) is 27.2 Å². The van der Waals surface area contributed by atoms with E-state index in [0.717, 1.165) is 32.1 Å². The van der Waals surface area contributed by atoms with Crippen molar-refractivity contribution in [1.29, 1.82) is 0 Å². The molecule has 2 heterocycles. The Bertz CT molecular complexity index is 1380. The number of ether oxygens (including phenoxy) is 1. The molecule has 0 amide bonds. The van der Waals surface area contributed by atoms with Gasteiger partial charge in [-0.3, -0.25) is 9.59 Å². The van der Waals surface area contributed by atoms with Crippen LogP contribution in [0.15, 0.2) is 54.1 Å². The lowest BCUT2D eigenvalue weighted by Crippen LogP contribution is -1.99. The number of carbonyl (C=O) groups is 2. The number of thiophene rings is 1. The van der Waals surface area contributed by atoms with E-state index in [0.29, 0.717) is 11.1 Å². The number of ketones is 2. The van der Waals surface area contributed by atoms with Crippen molar-refractivity contribution in [2.24, 2.45) is 7.05 Å². The number of nitrogens with zero attached hydrogens (tertiary/aromatic N) is 1.